The molecule has 2 aromatic rings. The molecule has 4 heteroatoms. The molecule has 2 N–H and O–H groups in total. The summed E-state index contributed by atoms with van der Waals surface area (Å²) in [6.45, 7) is 5.42. The van der Waals surface area contributed by atoms with Crippen LogP contribution in [-0.4, -0.2) is 14.1 Å². The van der Waals surface area contributed by atoms with Gasteiger partial charge in [0.05, 0.1) is 6.54 Å². The average molecular weight is 258 g/mol. The fraction of sp³-hybridized carbons (Fsp3) is 0.533. The molecular weight excluding hydrogens is 236 g/mol. The first-order valence-electron chi connectivity index (χ1n) is 6.86. The Kier molecular flexibility index (Phi) is 2.78. The highest BCUT2D eigenvalue weighted by atomic mass is 15.1. The molecule has 0 saturated carbocycles. The lowest BCUT2D eigenvalue weighted by molar-refractivity contribution is 0.275. The van der Waals surface area contributed by atoms with Gasteiger partial charge >= 0.3 is 0 Å². The third kappa shape index (κ3) is 2.21. The molecule has 1 unspecified atom stereocenters. The standard InChI is InChI=1S/C15H22N4/c1-15(2)8-12(16)11-4-6-19(13(11)9-15)10-14-17-5-7-18(14)3/h4-7,12H,8-10,16H2,1-3H3. The van der Waals surface area contributed by atoms with Gasteiger partial charge in [-0.05, 0) is 29.9 Å². The zero-order chi connectivity index (χ0) is 13.6. The summed E-state index contributed by atoms with van der Waals surface area (Å²) in [5.74, 6) is 1.08. The van der Waals surface area contributed by atoms with Crippen LogP contribution in [0.4, 0.5) is 0 Å². The fourth-order valence-corrected chi connectivity index (χ4v) is 3.14. The molecule has 0 aromatic carbocycles. The van der Waals surface area contributed by atoms with E-state index in [1.807, 2.05) is 19.4 Å². The van der Waals surface area contributed by atoms with Crippen molar-refractivity contribution in [1.29, 1.82) is 0 Å². The van der Waals surface area contributed by atoms with Gasteiger partial charge in [-0.2, -0.15) is 0 Å². The van der Waals surface area contributed by atoms with Crippen molar-refractivity contribution in [2.45, 2.75) is 39.3 Å². The summed E-state index contributed by atoms with van der Waals surface area (Å²) in [6, 6.07) is 2.35. The molecule has 0 radical (unpaired) electrons. The van der Waals surface area contributed by atoms with E-state index in [1.165, 1.54) is 11.3 Å². The SMILES string of the molecule is Cn1ccnc1Cn1ccc2c1CC(C)(C)CC2N. The molecule has 4 nitrogen and oxygen atoms in total. The molecule has 1 aliphatic rings. The highest BCUT2D eigenvalue weighted by Crippen LogP contribution is 2.40. The first kappa shape index (κ1) is 12.5. The number of imidazole rings is 1. The summed E-state index contributed by atoms with van der Waals surface area (Å²) >= 11 is 0. The summed E-state index contributed by atoms with van der Waals surface area (Å²) in [5, 5.41) is 0. The number of hydrogen-bond acceptors (Lipinski definition) is 2. The Morgan fingerprint density at radius 2 is 2.21 bits per heavy atom. The molecule has 0 aliphatic heterocycles. The molecular formula is C15H22N4. The topological polar surface area (TPSA) is 48.8 Å². The maximum Gasteiger partial charge on any atom is 0.128 e. The van der Waals surface area contributed by atoms with E-state index < -0.39 is 0 Å². The van der Waals surface area contributed by atoms with Crippen molar-refractivity contribution in [2.24, 2.45) is 18.2 Å². The van der Waals surface area contributed by atoms with Gasteiger partial charge < -0.3 is 14.9 Å². The van der Waals surface area contributed by atoms with Gasteiger partial charge in [0.25, 0.3) is 0 Å². The Labute approximate surface area is 114 Å². The summed E-state index contributed by atoms with van der Waals surface area (Å²) in [4.78, 5) is 4.41. The smallest absolute Gasteiger partial charge is 0.128 e. The summed E-state index contributed by atoms with van der Waals surface area (Å²) in [5.41, 5.74) is 9.28. The van der Waals surface area contributed by atoms with E-state index in [2.05, 4.69) is 40.2 Å². The number of nitrogens with zero attached hydrogens (tertiary/aromatic N) is 3. The molecule has 0 amide bonds. The second-order valence-electron chi connectivity index (χ2n) is 6.45. The van der Waals surface area contributed by atoms with Gasteiger partial charge in [-0.15, -0.1) is 0 Å². The number of aryl methyl sites for hydroxylation is 1. The summed E-state index contributed by atoms with van der Waals surface area (Å²) in [7, 11) is 2.04. The van der Waals surface area contributed by atoms with Crippen LogP contribution >= 0.6 is 0 Å². The van der Waals surface area contributed by atoms with Gasteiger partial charge in [0.1, 0.15) is 5.82 Å². The lowest BCUT2D eigenvalue weighted by atomic mass is 9.74. The van der Waals surface area contributed by atoms with Crippen molar-refractivity contribution in [2.75, 3.05) is 0 Å². The second-order valence-corrected chi connectivity index (χ2v) is 6.45. The van der Waals surface area contributed by atoms with Gasteiger partial charge in [0.15, 0.2) is 0 Å². The fourth-order valence-electron chi connectivity index (χ4n) is 3.14. The molecule has 3 rings (SSSR count). The van der Waals surface area contributed by atoms with Crippen LogP contribution in [0.3, 0.4) is 0 Å². The molecule has 0 spiro atoms. The van der Waals surface area contributed by atoms with Crippen molar-refractivity contribution in [3.05, 3.63) is 41.7 Å². The van der Waals surface area contributed by atoms with Crippen molar-refractivity contribution < 1.29 is 0 Å². The van der Waals surface area contributed by atoms with E-state index in [0.717, 1.165) is 25.2 Å². The average Bonchev–Trinajstić information content (AvgIpc) is 2.87. The van der Waals surface area contributed by atoms with Crippen LogP contribution in [0, 0.1) is 5.41 Å². The minimum atomic E-state index is 0.168. The highest BCUT2D eigenvalue weighted by molar-refractivity contribution is 5.30. The van der Waals surface area contributed by atoms with E-state index in [9.17, 15) is 0 Å². The molecule has 19 heavy (non-hydrogen) atoms. The Balaban J connectivity index is 1.95. The van der Waals surface area contributed by atoms with Crippen molar-refractivity contribution in [3.8, 4) is 0 Å². The molecule has 0 bridgehead atoms. The molecule has 0 saturated heterocycles. The van der Waals surface area contributed by atoms with Gasteiger partial charge in [-0.3, -0.25) is 0 Å². The number of fused-ring (bicyclic) bond motifs is 1. The van der Waals surface area contributed by atoms with Gasteiger partial charge in [-0.25, -0.2) is 4.98 Å². The van der Waals surface area contributed by atoms with Crippen LogP contribution in [-0.2, 0) is 20.0 Å². The van der Waals surface area contributed by atoms with Crippen LogP contribution in [0.2, 0.25) is 0 Å². The van der Waals surface area contributed by atoms with E-state index in [4.69, 9.17) is 5.73 Å². The molecule has 102 valence electrons. The monoisotopic (exact) mass is 258 g/mol. The maximum absolute atomic E-state index is 6.30. The number of nitrogens with two attached hydrogens (primary N) is 1. The third-order valence-corrected chi connectivity index (χ3v) is 4.16. The predicted octanol–water partition coefficient (Wildman–Crippen LogP) is 2.24. The van der Waals surface area contributed by atoms with Crippen LogP contribution in [0.5, 0.6) is 0 Å². The zero-order valence-electron chi connectivity index (χ0n) is 11.9. The van der Waals surface area contributed by atoms with Crippen LogP contribution < -0.4 is 5.73 Å². The number of hydrogen-bond donors (Lipinski definition) is 1. The molecule has 1 atom stereocenters. The van der Waals surface area contributed by atoms with Crippen molar-refractivity contribution in [3.63, 3.8) is 0 Å². The molecule has 1 aliphatic carbocycles. The minimum Gasteiger partial charge on any atom is -0.344 e. The zero-order valence-corrected chi connectivity index (χ0v) is 11.9. The van der Waals surface area contributed by atoms with E-state index >= 15 is 0 Å². The van der Waals surface area contributed by atoms with Gasteiger partial charge in [0.2, 0.25) is 0 Å². The van der Waals surface area contributed by atoms with Crippen LogP contribution in [0.15, 0.2) is 24.7 Å². The molecule has 2 heterocycles. The Morgan fingerprint density at radius 1 is 1.42 bits per heavy atom. The Bertz CT molecular complexity index is 591. The quantitative estimate of drug-likeness (QED) is 0.898. The second kappa shape index (κ2) is 4.23. The van der Waals surface area contributed by atoms with Crippen LogP contribution in [0.25, 0.3) is 0 Å². The lowest BCUT2D eigenvalue weighted by Gasteiger charge is -2.34. The predicted molar refractivity (Wildman–Crippen MR) is 75.8 cm³/mol. The van der Waals surface area contributed by atoms with Crippen molar-refractivity contribution in [1.82, 2.24) is 14.1 Å². The maximum atomic E-state index is 6.30. The van der Waals surface area contributed by atoms with Gasteiger partial charge in [0, 0.05) is 37.4 Å². The number of aromatic nitrogens is 3. The van der Waals surface area contributed by atoms with E-state index in [1.54, 1.807) is 0 Å². The van der Waals surface area contributed by atoms with Gasteiger partial charge in [-0.1, -0.05) is 13.8 Å². The largest absolute Gasteiger partial charge is 0.344 e. The lowest BCUT2D eigenvalue weighted by Crippen LogP contribution is -2.30. The minimum absolute atomic E-state index is 0.168. The van der Waals surface area contributed by atoms with E-state index in [0.29, 0.717) is 0 Å². The van der Waals surface area contributed by atoms with Crippen LogP contribution in [0.1, 0.15) is 43.4 Å². The Hall–Kier alpha value is -1.55. The molecule has 2 aromatic heterocycles. The van der Waals surface area contributed by atoms with E-state index in [-0.39, 0.29) is 11.5 Å². The van der Waals surface area contributed by atoms with Crippen molar-refractivity contribution >= 4 is 0 Å². The third-order valence-electron chi connectivity index (χ3n) is 4.16. The molecule has 0 fully saturated rings. The highest BCUT2D eigenvalue weighted by Gasteiger charge is 2.32. The summed E-state index contributed by atoms with van der Waals surface area (Å²) in [6.07, 6.45) is 8.14. The first-order valence-corrected chi connectivity index (χ1v) is 6.86. The Morgan fingerprint density at radius 3 is 2.89 bits per heavy atom. The number of rotatable bonds is 2. The summed E-state index contributed by atoms with van der Waals surface area (Å²) < 4.78 is 4.37. The first-order chi connectivity index (χ1) is 8.96. The normalized spacial score (nSPS) is 21.4.